The number of methoxy groups -OCH3 is 1. The standard InChI is InChI=1S/C23H27FN2O3/c1-29-20-7-8-21(24)18(13-20)14-26-10-4-9-23(28,22(26)27)15-25-19-11-16-5-2-3-6-17(16)12-19/h2-3,5-8,13,19,25,28H,4,9-12,14-15H2,1H3/t23-/m1/s1. The summed E-state index contributed by atoms with van der Waals surface area (Å²) in [5.41, 5.74) is 1.58. The van der Waals surface area contributed by atoms with Crippen molar-refractivity contribution in [3.8, 4) is 5.75 Å². The zero-order valence-corrected chi connectivity index (χ0v) is 16.7. The first-order valence-corrected chi connectivity index (χ1v) is 10.1. The Labute approximate surface area is 170 Å². The van der Waals surface area contributed by atoms with E-state index in [9.17, 15) is 14.3 Å². The Hall–Kier alpha value is -2.44. The summed E-state index contributed by atoms with van der Waals surface area (Å²) < 4.78 is 19.4. The molecule has 1 saturated heterocycles. The Bertz CT molecular complexity index is 878. The lowest BCUT2D eigenvalue weighted by Crippen LogP contribution is -2.58. The van der Waals surface area contributed by atoms with E-state index < -0.39 is 5.60 Å². The lowest BCUT2D eigenvalue weighted by atomic mass is 9.91. The molecule has 29 heavy (non-hydrogen) atoms. The molecule has 1 amide bonds. The molecule has 2 aromatic rings. The number of carbonyl (C=O) groups excluding carboxylic acids is 1. The first-order chi connectivity index (χ1) is 14.0. The summed E-state index contributed by atoms with van der Waals surface area (Å²) in [4.78, 5) is 14.6. The van der Waals surface area contributed by atoms with Crippen LogP contribution in [0.15, 0.2) is 42.5 Å². The third-order valence-corrected chi connectivity index (χ3v) is 6.05. The van der Waals surface area contributed by atoms with Gasteiger partial charge in [0.1, 0.15) is 11.6 Å². The van der Waals surface area contributed by atoms with Gasteiger partial charge in [-0.3, -0.25) is 4.79 Å². The number of amides is 1. The summed E-state index contributed by atoms with van der Waals surface area (Å²) in [5, 5.41) is 14.5. The van der Waals surface area contributed by atoms with Crippen molar-refractivity contribution < 1.29 is 19.0 Å². The summed E-state index contributed by atoms with van der Waals surface area (Å²) in [6, 6.07) is 13.0. The highest BCUT2D eigenvalue weighted by molar-refractivity contribution is 5.86. The van der Waals surface area contributed by atoms with Crippen molar-refractivity contribution in [2.24, 2.45) is 0 Å². The van der Waals surface area contributed by atoms with Crippen LogP contribution in [0.2, 0.25) is 0 Å². The maximum absolute atomic E-state index is 14.2. The summed E-state index contributed by atoms with van der Waals surface area (Å²) in [6.45, 7) is 0.841. The highest BCUT2D eigenvalue weighted by Crippen LogP contribution is 2.27. The predicted octanol–water partition coefficient (Wildman–Crippen LogP) is 2.44. The van der Waals surface area contributed by atoms with E-state index in [-0.39, 0.29) is 30.9 Å². The normalized spacial score (nSPS) is 22.0. The van der Waals surface area contributed by atoms with E-state index >= 15 is 0 Å². The van der Waals surface area contributed by atoms with Gasteiger partial charge in [0.2, 0.25) is 0 Å². The molecule has 5 nitrogen and oxygen atoms in total. The van der Waals surface area contributed by atoms with Crippen LogP contribution in [-0.2, 0) is 24.2 Å². The molecule has 154 valence electrons. The molecule has 0 saturated carbocycles. The van der Waals surface area contributed by atoms with Crippen molar-refractivity contribution in [3.63, 3.8) is 0 Å². The number of rotatable bonds is 6. The molecule has 6 heteroatoms. The van der Waals surface area contributed by atoms with Crippen molar-refractivity contribution in [1.29, 1.82) is 0 Å². The fourth-order valence-corrected chi connectivity index (χ4v) is 4.40. The number of nitrogens with zero attached hydrogens (tertiary/aromatic N) is 1. The van der Waals surface area contributed by atoms with Gasteiger partial charge in [-0.2, -0.15) is 0 Å². The first-order valence-electron chi connectivity index (χ1n) is 10.1. The van der Waals surface area contributed by atoms with Crippen LogP contribution < -0.4 is 10.1 Å². The minimum absolute atomic E-state index is 0.124. The topological polar surface area (TPSA) is 61.8 Å². The van der Waals surface area contributed by atoms with Crippen LogP contribution >= 0.6 is 0 Å². The summed E-state index contributed by atoms with van der Waals surface area (Å²) in [5.74, 6) is -0.174. The Morgan fingerprint density at radius 1 is 1.24 bits per heavy atom. The number of benzene rings is 2. The summed E-state index contributed by atoms with van der Waals surface area (Å²) in [6.07, 6.45) is 2.90. The van der Waals surface area contributed by atoms with Crippen LogP contribution in [0.3, 0.4) is 0 Å². The van der Waals surface area contributed by atoms with Gasteiger partial charge in [0.15, 0.2) is 5.60 Å². The molecule has 1 atom stereocenters. The van der Waals surface area contributed by atoms with Crippen LogP contribution in [0, 0.1) is 5.82 Å². The molecule has 2 N–H and O–H groups in total. The molecule has 0 aromatic heterocycles. The van der Waals surface area contributed by atoms with E-state index in [1.54, 1.807) is 17.0 Å². The Morgan fingerprint density at radius 3 is 2.66 bits per heavy atom. The van der Waals surface area contributed by atoms with Gasteiger partial charge in [0, 0.05) is 31.2 Å². The molecular formula is C23H27FN2O3. The zero-order chi connectivity index (χ0) is 20.4. The maximum Gasteiger partial charge on any atom is 0.256 e. The fourth-order valence-electron chi connectivity index (χ4n) is 4.40. The van der Waals surface area contributed by atoms with Crippen molar-refractivity contribution in [1.82, 2.24) is 10.2 Å². The van der Waals surface area contributed by atoms with Gasteiger partial charge < -0.3 is 20.1 Å². The highest BCUT2D eigenvalue weighted by Gasteiger charge is 2.42. The van der Waals surface area contributed by atoms with E-state index in [2.05, 4.69) is 17.4 Å². The molecule has 1 aliphatic carbocycles. The predicted molar refractivity (Wildman–Crippen MR) is 108 cm³/mol. The minimum atomic E-state index is -1.46. The monoisotopic (exact) mass is 398 g/mol. The number of halogens is 1. The third-order valence-electron chi connectivity index (χ3n) is 6.05. The van der Waals surface area contributed by atoms with E-state index in [1.165, 1.54) is 24.3 Å². The van der Waals surface area contributed by atoms with Gasteiger partial charge in [0.25, 0.3) is 5.91 Å². The second-order valence-corrected chi connectivity index (χ2v) is 8.07. The zero-order valence-electron chi connectivity index (χ0n) is 16.7. The summed E-state index contributed by atoms with van der Waals surface area (Å²) in [7, 11) is 1.52. The lowest BCUT2D eigenvalue weighted by molar-refractivity contribution is -0.157. The van der Waals surface area contributed by atoms with E-state index in [1.807, 2.05) is 12.1 Å². The van der Waals surface area contributed by atoms with Gasteiger partial charge in [-0.15, -0.1) is 0 Å². The number of piperidine rings is 1. The van der Waals surface area contributed by atoms with E-state index in [4.69, 9.17) is 4.74 Å². The van der Waals surface area contributed by atoms with E-state index in [0.29, 0.717) is 30.7 Å². The molecule has 0 spiro atoms. The molecule has 1 fully saturated rings. The number of hydrogen-bond donors (Lipinski definition) is 2. The van der Waals surface area contributed by atoms with Crippen molar-refractivity contribution in [3.05, 3.63) is 65.0 Å². The number of carbonyl (C=O) groups is 1. The molecule has 0 bridgehead atoms. The molecule has 2 aliphatic rings. The lowest BCUT2D eigenvalue weighted by Gasteiger charge is -2.39. The summed E-state index contributed by atoms with van der Waals surface area (Å²) >= 11 is 0. The molecule has 1 aliphatic heterocycles. The smallest absolute Gasteiger partial charge is 0.256 e. The average Bonchev–Trinajstić information content (AvgIpc) is 3.15. The van der Waals surface area contributed by atoms with Crippen LogP contribution in [-0.4, -0.2) is 47.8 Å². The number of likely N-dealkylation sites (tertiary alicyclic amines) is 1. The van der Waals surface area contributed by atoms with Crippen LogP contribution in [0.5, 0.6) is 5.75 Å². The average molecular weight is 398 g/mol. The number of ether oxygens (including phenoxy) is 1. The number of aliphatic hydroxyl groups is 1. The molecule has 0 unspecified atom stereocenters. The quantitative estimate of drug-likeness (QED) is 0.785. The van der Waals surface area contributed by atoms with Gasteiger partial charge in [-0.25, -0.2) is 4.39 Å². The van der Waals surface area contributed by atoms with Crippen LogP contribution in [0.25, 0.3) is 0 Å². The first kappa shape index (κ1) is 19.9. The van der Waals surface area contributed by atoms with Crippen LogP contribution in [0.1, 0.15) is 29.5 Å². The van der Waals surface area contributed by atoms with Crippen molar-refractivity contribution in [2.75, 3.05) is 20.2 Å². The number of fused-ring (bicyclic) bond motifs is 1. The molecule has 0 radical (unpaired) electrons. The fraction of sp³-hybridized carbons (Fsp3) is 0.435. The molecule has 2 aromatic carbocycles. The van der Waals surface area contributed by atoms with Crippen molar-refractivity contribution in [2.45, 2.75) is 43.9 Å². The highest BCUT2D eigenvalue weighted by atomic mass is 19.1. The van der Waals surface area contributed by atoms with Gasteiger partial charge in [-0.05, 0) is 55.0 Å². The Morgan fingerprint density at radius 2 is 1.97 bits per heavy atom. The van der Waals surface area contributed by atoms with E-state index in [0.717, 1.165) is 12.8 Å². The Kier molecular flexibility index (Phi) is 5.56. The molecular weight excluding hydrogens is 371 g/mol. The SMILES string of the molecule is COc1ccc(F)c(CN2CCC[C@@](O)(CNC3Cc4ccccc4C3)C2=O)c1. The third kappa shape index (κ3) is 4.14. The second kappa shape index (κ2) is 8.13. The van der Waals surface area contributed by atoms with Crippen LogP contribution in [0.4, 0.5) is 4.39 Å². The maximum atomic E-state index is 14.2. The number of nitrogens with one attached hydrogen (secondary N) is 1. The second-order valence-electron chi connectivity index (χ2n) is 8.07. The van der Waals surface area contributed by atoms with Gasteiger partial charge in [-0.1, -0.05) is 24.3 Å². The van der Waals surface area contributed by atoms with Gasteiger partial charge in [0.05, 0.1) is 7.11 Å². The largest absolute Gasteiger partial charge is 0.497 e. The molecule has 4 rings (SSSR count). The molecule has 1 heterocycles. The number of hydrogen-bond acceptors (Lipinski definition) is 4. The van der Waals surface area contributed by atoms with Crippen molar-refractivity contribution >= 4 is 5.91 Å². The van der Waals surface area contributed by atoms with Gasteiger partial charge >= 0.3 is 0 Å². The minimum Gasteiger partial charge on any atom is -0.497 e. The Balaban J connectivity index is 1.40.